The van der Waals surface area contributed by atoms with E-state index in [1.165, 1.54) is 12.8 Å². The maximum absolute atomic E-state index is 11.3. The topological polar surface area (TPSA) is 40.5 Å². The van der Waals surface area contributed by atoms with Gasteiger partial charge in [-0.05, 0) is 32.2 Å². The Morgan fingerprint density at radius 2 is 2.18 bits per heavy atom. The lowest BCUT2D eigenvalue weighted by molar-refractivity contribution is -0.144. The molecule has 0 aliphatic heterocycles. The molecule has 1 aliphatic carbocycles. The van der Waals surface area contributed by atoms with Crippen molar-refractivity contribution in [2.24, 2.45) is 5.92 Å². The van der Waals surface area contributed by atoms with Crippen LogP contribution in [0.15, 0.2) is 0 Å². The van der Waals surface area contributed by atoms with E-state index < -0.39 is 5.97 Å². The van der Waals surface area contributed by atoms with Gasteiger partial charge in [0.15, 0.2) is 0 Å². The second-order valence-electron chi connectivity index (χ2n) is 5.59. The molecule has 0 saturated heterocycles. The number of hydrogen-bond acceptors (Lipinski definition) is 2. The molecule has 1 N–H and O–H groups in total. The molecule has 1 saturated carbocycles. The highest BCUT2D eigenvalue weighted by Crippen LogP contribution is 2.28. The summed E-state index contributed by atoms with van der Waals surface area (Å²) in [6.07, 6.45) is 7.73. The van der Waals surface area contributed by atoms with E-state index >= 15 is 0 Å². The van der Waals surface area contributed by atoms with Crippen molar-refractivity contribution < 1.29 is 9.90 Å². The third kappa shape index (κ3) is 4.30. The number of carboxylic acid groups (broad SMARTS) is 1. The van der Waals surface area contributed by atoms with E-state index in [2.05, 4.69) is 18.7 Å². The summed E-state index contributed by atoms with van der Waals surface area (Å²) in [7, 11) is 2.00. The van der Waals surface area contributed by atoms with Crippen molar-refractivity contribution in [2.45, 2.75) is 70.9 Å². The molecular formula is C14H27NO2. The van der Waals surface area contributed by atoms with Gasteiger partial charge in [-0.2, -0.15) is 0 Å². The van der Waals surface area contributed by atoms with Crippen LogP contribution in [-0.2, 0) is 4.79 Å². The molecular weight excluding hydrogens is 214 g/mol. The molecule has 17 heavy (non-hydrogen) atoms. The Hall–Kier alpha value is -0.570. The van der Waals surface area contributed by atoms with Crippen LogP contribution in [-0.4, -0.2) is 35.1 Å². The highest BCUT2D eigenvalue weighted by atomic mass is 16.4. The number of carbonyl (C=O) groups is 1. The molecule has 0 amide bonds. The maximum atomic E-state index is 11.3. The summed E-state index contributed by atoms with van der Waals surface area (Å²) in [5.41, 5.74) is 0. The molecule has 1 rings (SSSR count). The number of likely N-dealkylation sites (N-methyl/N-ethyl adjacent to an activating group) is 1. The van der Waals surface area contributed by atoms with Gasteiger partial charge in [0.2, 0.25) is 0 Å². The van der Waals surface area contributed by atoms with E-state index in [9.17, 15) is 9.90 Å². The van der Waals surface area contributed by atoms with Crippen molar-refractivity contribution in [1.82, 2.24) is 4.90 Å². The van der Waals surface area contributed by atoms with Gasteiger partial charge in [0.25, 0.3) is 0 Å². The molecule has 0 spiro atoms. The predicted octanol–water partition coefficient (Wildman–Crippen LogP) is 3.14. The van der Waals surface area contributed by atoms with Crippen LogP contribution >= 0.6 is 0 Å². The molecule has 0 heterocycles. The summed E-state index contributed by atoms with van der Waals surface area (Å²) in [4.78, 5) is 13.4. The number of hydrogen-bond donors (Lipinski definition) is 1. The minimum atomic E-state index is -0.654. The molecule has 3 nitrogen and oxygen atoms in total. The van der Waals surface area contributed by atoms with E-state index in [0.29, 0.717) is 6.04 Å². The lowest BCUT2D eigenvalue weighted by atomic mass is 9.85. The molecule has 1 fully saturated rings. The zero-order valence-electron chi connectivity index (χ0n) is 11.5. The lowest BCUT2D eigenvalue weighted by Crippen LogP contribution is -2.46. The van der Waals surface area contributed by atoms with Gasteiger partial charge >= 0.3 is 5.97 Å². The normalized spacial score (nSPS) is 27.1. The molecule has 0 aromatic heterocycles. The Morgan fingerprint density at radius 3 is 2.71 bits per heavy atom. The average molecular weight is 241 g/mol. The summed E-state index contributed by atoms with van der Waals surface area (Å²) in [6, 6.07) is 0.182. The molecule has 100 valence electrons. The summed E-state index contributed by atoms with van der Waals surface area (Å²) in [5, 5.41) is 9.33. The average Bonchev–Trinajstić information content (AvgIpc) is 2.29. The van der Waals surface area contributed by atoms with Crippen molar-refractivity contribution in [3.8, 4) is 0 Å². The largest absolute Gasteiger partial charge is 0.480 e. The van der Waals surface area contributed by atoms with Gasteiger partial charge in [0, 0.05) is 6.04 Å². The summed E-state index contributed by atoms with van der Waals surface area (Å²) in [5.74, 6) is 0.0935. The van der Waals surface area contributed by atoms with Crippen molar-refractivity contribution in [3.05, 3.63) is 0 Å². The zero-order chi connectivity index (χ0) is 12.8. The number of rotatable bonds is 6. The minimum absolute atomic E-state index is 0.287. The van der Waals surface area contributed by atoms with Crippen LogP contribution in [0.4, 0.5) is 0 Å². The van der Waals surface area contributed by atoms with Crippen molar-refractivity contribution in [3.63, 3.8) is 0 Å². The highest BCUT2D eigenvalue weighted by molar-refractivity contribution is 5.73. The quantitative estimate of drug-likeness (QED) is 0.776. The monoisotopic (exact) mass is 241 g/mol. The Labute approximate surface area is 105 Å². The van der Waals surface area contributed by atoms with Crippen LogP contribution in [0.5, 0.6) is 0 Å². The van der Waals surface area contributed by atoms with Crippen LogP contribution in [0.1, 0.15) is 58.8 Å². The molecule has 3 unspecified atom stereocenters. The first-order valence-electron chi connectivity index (χ1n) is 7.01. The fraction of sp³-hybridized carbons (Fsp3) is 0.929. The predicted molar refractivity (Wildman–Crippen MR) is 70.1 cm³/mol. The zero-order valence-corrected chi connectivity index (χ0v) is 11.5. The molecule has 0 bridgehead atoms. The second kappa shape index (κ2) is 7.00. The van der Waals surface area contributed by atoms with Crippen LogP contribution in [0.2, 0.25) is 0 Å². The molecule has 0 aromatic carbocycles. The first-order chi connectivity index (χ1) is 8.06. The van der Waals surface area contributed by atoms with Gasteiger partial charge in [0.1, 0.15) is 6.04 Å². The van der Waals surface area contributed by atoms with E-state index in [4.69, 9.17) is 0 Å². The number of nitrogens with zero attached hydrogens (tertiary/aromatic N) is 1. The standard InChI is InChI=1S/C14H27NO2/c1-4-5-9-13(14(16)17)15(3)12-8-6-7-11(2)10-12/h11-13H,4-10H2,1-3H3,(H,16,17). The van der Waals surface area contributed by atoms with Crippen LogP contribution in [0, 0.1) is 5.92 Å². The third-order valence-electron chi connectivity index (χ3n) is 4.09. The van der Waals surface area contributed by atoms with Crippen LogP contribution in [0.25, 0.3) is 0 Å². The van der Waals surface area contributed by atoms with Crippen LogP contribution in [0.3, 0.4) is 0 Å². The number of carboxylic acids is 1. The van der Waals surface area contributed by atoms with Gasteiger partial charge in [-0.25, -0.2) is 0 Å². The van der Waals surface area contributed by atoms with Crippen molar-refractivity contribution in [2.75, 3.05) is 7.05 Å². The second-order valence-corrected chi connectivity index (χ2v) is 5.59. The SMILES string of the molecule is CCCCC(C(=O)O)N(C)C1CCCC(C)C1. The summed E-state index contributed by atoms with van der Waals surface area (Å²) < 4.78 is 0. The van der Waals surface area contributed by atoms with Crippen LogP contribution < -0.4 is 0 Å². The Bertz CT molecular complexity index is 242. The Kier molecular flexibility index (Phi) is 5.96. The van der Waals surface area contributed by atoms with Gasteiger partial charge in [-0.15, -0.1) is 0 Å². The number of aliphatic carboxylic acids is 1. The van der Waals surface area contributed by atoms with Crippen molar-refractivity contribution in [1.29, 1.82) is 0 Å². The number of unbranched alkanes of at least 4 members (excludes halogenated alkanes) is 1. The molecule has 3 heteroatoms. The van der Waals surface area contributed by atoms with Crippen molar-refractivity contribution >= 4 is 5.97 Å². The summed E-state index contributed by atoms with van der Waals surface area (Å²) >= 11 is 0. The third-order valence-corrected chi connectivity index (χ3v) is 4.09. The van der Waals surface area contributed by atoms with E-state index in [-0.39, 0.29) is 6.04 Å². The molecule has 1 aliphatic rings. The summed E-state index contributed by atoms with van der Waals surface area (Å²) in [6.45, 7) is 4.39. The molecule has 3 atom stereocenters. The van der Waals surface area contributed by atoms with Gasteiger partial charge < -0.3 is 5.11 Å². The Morgan fingerprint density at radius 1 is 1.47 bits per heavy atom. The molecule has 0 aromatic rings. The van der Waals surface area contributed by atoms with Gasteiger partial charge in [-0.3, -0.25) is 9.69 Å². The van der Waals surface area contributed by atoms with E-state index in [1.807, 2.05) is 7.05 Å². The minimum Gasteiger partial charge on any atom is -0.480 e. The van der Waals surface area contributed by atoms with E-state index in [1.54, 1.807) is 0 Å². The first kappa shape index (κ1) is 14.5. The first-order valence-corrected chi connectivity index (χ1v) is 7.01. The smallest absolute Gasteiger partial charge is 0.320 e. The highest BCUT2D eigenvalue weighted by Gasteiger charge is 2.30. The van der Waals surface area contributed by atoms with E-state index in [0.717, 1.165) is 38.0 Å². The fourth-order valence-electron chi connectivity index (χ4n) is 2.93. The maximum Gasteiger partial charge on any atom is 0.320 e. The van der Waals surface area contributed by atoms with Gasteiger partial charge in [0.05, 0.1) is 0 Å². The van der Waals surface area contributed by atoms with Gasteiger partial charge in [-0.1, -0.05) is 39.5 Å². The fourth-order valence-corrected chi connectivity index (χ4v) is 2.93. The molecule has 0 radical (unpaired) electrons. The lowest BCUT2D eigenvalue weighted by Gasteiger charge is -2.37. The Balaban J connectivity index is 2.56.